The van der Waals surface area contributed by atoms with Crippen molar-refractivity contribution < 1.29 is 0 Å². The van der Waals surface area contributed by atoms with E-state index in [1.54, 1.807) is 11.8 Å². The van der Waals surface area contributed by atoms with Crippen molar-refractivity contribution in [3.8, 4) is 17.1 Å². The molecule has 0 saturated carbocycles. The van der Waals surface area contributed by atoms with Gasteiger partial charge in [0.05, 0.1) is 10.7 Å². The molecule has 0 aliphatic rings. The molecule has 0 bridgehead atoms. The minimum absolute atomic E-state index is 0.349. The maximum atomic E-state index is 6.21. The van der Waals surface area contributed by atoms with Gasteiger partial charge in [0.1, 0.15) is 5.82 Å². The van der Waals surface area contributed by atoms with Crippen molar-refractivity contribution in [1.82, 2.24) is 9.55 Å². The molecule has 32 heavy (non-hydrogen) atoms. The number of benzene rings is 2. The summed E-state index contributed by atoms with van der Waals surface area (Å²) in [6.45, 7) is 8.55. The summed E-state index contributed by atoms with van der Waals surface area (Å²) in [7, 11) is 0. The van der Waals surface area contributed by atoms with Crippen LogP contribution in [0.2, 0.25) is 10.0 Å². The SMILES string of the molecule is CCCCC(C)/C(=N/N)SCc1nc(-c2ccc(Cl)cc2C)n(-c2ccc(Cl)cc2)c1C. The number of imidazole rings is 1. The van der Waals surface area contributed by atoms with E-state index in [4.69, 9.17) is 34.0 Å². The second-order valence-corrected chi connectivity index (χ2v) is 9.91. The number of hydrazone groups is 1. The third-order valence-electron chi connectivity index (χ3n) is 5.62. The third-order valence-corrected chi connectivity index (χ3v) is 7.32. The first-order valence-electron chi connectivity index (χ1n) is 10.9. The molecule has 1 unspecified atom stereocenters. The zero-order chi connectivity index (χ0) is 23.3. The van der Waals surface area contributed by atoms with E-state index in [2.05, 4.69) is 37.4 Å². The molecule has 170 valence electrons. The van der Waals surface area contributed by atoms with Crippen molar-refractivity contribution in [2.75, 3.05) is 0 Å². The van der Waals surface area contributed by atoms with Gasteiger partial charge in [0.25, 0.3) is 0 Å². The Kier molecular flexibility index (Phi) is 8.69. The Morgan fingerprint density at radius 2 is 1.81 bits per heavy atom. The van der Waals surface area contributed by atoms with Crippen LogP contribution in [0, 0.1) is 19.8 Å². The van der Waals surface area contributed by atoms with Crippen LogP contribution in [0.15, 0.2) is 47.6 Å². The Bertz CT molecular complexity index is 1090. The van der Waals surface area contributed by atoms with Crippen molar-refractivity contribution in [3.05, 3.63) is 69.5 Å². The summed E-state index contributed by atoms with van der Waals surface area (Å²) in [6, 6.07) is 13.7. The van der Waals surface area contributed by atoms with Gasteiger partial charge in [0.15, 0.2) is 0 Å². The van der Waals surface area contributed by atoms with Crippen LogP contribution in [0.1, 0.15) is 50.1 Å². The molecule has 1 atom stereocenters. The second-order valence-electron chi connectivity index (χ2n) is 8.04. The number of nitrogens with two attached hydrogens (primary N) is 1. The van der Waals surface area contributed by atoms with Crippen molar-refractivity contribution in [2.45, 2.75) is 52.7 Å². The number of aryl methyl sites for hydroxylation is 1. The summed E-state index contributed by atoms with van der Waals surface area (Å²) in [6.07, 6.45) is 3.43. The van der Waals surface area contributed by atoms with Gasteiger partial charge < -0.3 is 5.84 Å². The van der Waals surface area contributed by atoms with Crippen LogP contribution in [0.3, 0.4) is 0 Å². The van der Waals surface area contributed by atoms with Crippen molar-refractivity contribution in [2.24, 2.45) is 16.9 Å². The van der Waals surface area contributed by atoms with Gasteiger partial charge in [-0.1, -0.05) is 49.9 Å². The molecule has 0 spiro atoms. The summed E-state index contributed by atoms with van der Waals surface area (Å²) in [5.74, 6) is 7.67. The van der Waals surface area contributed by atoms with E-state index in [0.717, 1.165) is 45.5 Å². The monoisotopic (exact) mass is 488 g/mol. The van der Waals surface area contributed by atoms with Crippen molar-refractivity contribution in [1.29, 1.82) is 0 Å². The zero-order valence-corrected chi connectivity index (χ0v) is 21.4. The molecule has 2 N–H and O–H groups in total. The maximum Gasteiger partial charge on any atom is 0.145 e. The molecule has 0 amide bonds. The van der Waals surface area contributed by atoms with Crippen LogP contribution in [-0.4, -0.2) is 14.6 Å². The molecule has 3 rings (SSSR count). The molecular formula is C25H30Cl2N4S. The summed E-state index contributed by atoms with van der Waals surface area (Å²) in [4.78, 5) is 5.07. The van der Waals surface area contributed by atoms with Crippen LogP contribution in [0.5, 0.6) is 0 Å². The number of nitrogens with zero attached hydrogens (tertiary/aromatic N) is 3. The van der Waals surface area contributed by atoms with E-state index < -0.39 is 0 Å². The van der Waals surface area contributed by atoms with Gasteiger partial charge in [0, 0.05) is 38.7 Å². The van der Waals surface area contributed by atoms with Gasteiger partial charge in [-0.2, -0.15) is 5.10 Å². The maximum absolute atomic E-state index is 6.21. The first-order valence-corrected chi connectivity index (χ1v) is 12.6. The highest BCUT2D eigenvalue weighted by Crippen LogP contribution is 2.32. The number of halogens is 2. The van der Waals surface area contributed by atoms with Crippen LogP contribution in [-0.2, 0) is 5.75 Å². The minimum atomic E-state index is 0.349. The third kappa shape index (κ3) is 5.69. The smallest absolute Gasteiger partial charge is 0.145 e. The highest BCUT2D eigenvalue weighted by molar-refractivity contribution is 8.13. The molecule has 0 radical (unpaired) electrons. The summed E-state index contributed by atoms with van der Waals surface area (Å²) < 4.78 is 2.18. The van der Waals surface area contributed by atoms with Crippen molar-refractivity contribution in [3.63, 3.8) is 0 Å². The first-order chi connectivity index (χ1) is 15.3. The van der Waals surface area contributed by atoms with E-state index in [0.29, 0.717) is 21.7 Å². The average Bonchev–Trinajstić information content (AvgIpc) is 3.09. The molecular weight excluding hydrogens is 459 g/mol. The van der Waals surface area contributed by atoms with Crippen LogP contribution < -0.4 is 5.84 Å². The lowest BCUT2D eigenvalue weighted by molar-refractivity contribution is 0.628. The quantitative estimate of drug-likeness (QED) is 0.152. The van der Waals surface area contributed by atoms with Gasteiger partial charge in [0.2, 0.25) is 0 Å². The Morgan fingerprint density at radius 3 is 2.44 bits per heavy atom. The predicted molar refractivity (Wildman–Crippen MR) is 140 cm³/mol. The molecule has 7 heteroatoms. The highest BCUT2D eigenvalue weighted by Gasteiger charge is 2.20. The van der Waals surface area contributed by atoms with Gasteiger partial charge in [-0.05, 0) is 68.3 Å². The van der Waals surface area contributed by atoms with E-state index in [-0.39, 0.29) is 0 Å². The lowest BCUT2D eigenvalue weighted by Crippen LogP contribution is -2.10. The average molecular weight is 490 g/mol. The Hall–Kier alpha value is -1.95. The van der Waals surface area contributed by atoms with Crippen LogP contribution >= 0.6 is 35.0 Å². The summed E-state index contributed by atoms with van der Waals surface area (Å²) >= 11 is 14.0. The fraction of sp³-hybridized carbons (Fsp3) is 0.360. The topological polar surface area (TPSA) is 56.2 Å². The van der Waals surface area contributed by atoms with E-state index in [9.17, 15) is 0 Å². The Balaban J connectivity index is 2.00. The number of hydrogen-bond donors (Lipinski definition) is 1. The predicted octanol–water partition coefficient (Wildman–Crippen LogP) is 7.79. The molecule has 0 aliphatic heterocycles. The molecule has 1 aromatic heterocycles. The number of hydrogen-bond acceptors (Lipinski definition) is 4. The second kappa shape index (κ2) is 11.3. The zero-order valence-electron chi connectivity index (χ0n) is 19.0. The van der Waals surface area contributed by atoms with E-state index >= 15 is 0 Å². The lowest BCUT2D eigenvalue weighted by atomic mass is 10.1. The Labute approximate surface area is 205 Å². The normalized spacial score (nSPS) is 12.9. The molecule has 4 nitrogen and oxygen atoms in total. The van der Waals surface area contributed by atoms with E-state index in [1.165, 1.54) is 12.8 Å². The number of rotatable bonds is 8. The number of aromatic nitrogens is 2. The molecule has 1 heterocycles. The molecule has 0 fully saturated rings. The fourth-order valence-corrected chi connectivity index (χ4v) is 5.12. The van der Waals surface area contributed by atoms with Crippen molar-refractivity contribution >= 4 is 40.0 Å². The standard InChI is InChI=1S/C25H30Cl2N4S/c1-5-6-7-16(2)25(30-28)32-15-23-18(4)31(21-11-8-19(26)9-12-21)24(29-23)22-13-10-20(27)14-17(22)3/h8-14,16H,5-7,15,28H2,1-4H3/b30-25-. The van der Waals surface area contributed by atoms with Gasteiger partial charge >= 0.3 is 0 Å². The molecule has 0 aliphatic carbocycles. The largest absolute Gasteiger partial charge is 0.323 e. The number of thioether (sulfide) groups is 1. The molecule has 3 aromatic rings. The van der Waals surface area contributed by atoms with Gasteiger partial charge in [-0.15, -0.1) is 11.8 Å². The minimum Gasteiger partial charge on any atom is -0.323 e. The Morgan fingerprint density at radius 1 is 1.12 bits per heavy atom. The lowest BCUT2D eigenvalue weighted by Gasteiger charge is -2.13. The molecule has 2 aromatic carbocycles. The highest BCUT2D eigenvalue weighted by atomic mass is 35.5. The summed E-state index contributed by atoms with van der Waals surface area (Å²) in [5, 5.41) is 6.48. The van der Waals surface area contributed by atoms with Crippen LogP contribution in [0.4, 0.5) is 0 Å². The fourth-order valence-electron chi connectivity index (χ4n) is 3.73. The van der Waals surface area contributed by atoms with E-state index in [1.807, 2.05) is 42.5 Å². The number of unbranched alkanes of at least 4 members (excludes halogenated alkanes) is 1. The van der Waals surface area contributed by atoms with Crippen LogP contribution in [0.25, 0.3) is 17.1 Å². The molecule has 0 saturated heterocycles. The van der Waals surface area contributed by atoms with Gasteiger partial charge in [-0.3, -0.25) is 4.57 Å². The first kappa shape index (κ1) is 24.7. The summed E-state index contributed by atoms with van der Waals surface area (Å²) in [5.41, 5.74) is 5.24. The van der Waals surface area contributed by atoms with Gasteiger partial charge in [-0.25, -0.2) is 4.98 Å².